The second-order valence-corrected chi connectivity index (χ2v) is 1.42. The monoisotopic (exact) mass is 86.0 g/mol. The predicted octanol–water partition coefficient (Wildman–Crippen LogP) is -0.0258. The third kappa shape index (κ3) is 0.337. The van der Waals surface area contributed by atoms with Gasteiger partial charge in [-0.2, -0.15) is 0 Å². The third-order valence-corrected chi connectivity index (χ3v) is 0.929. The van der Waals surface area contributed by atoms with Gasteiger partial charge in [0.25, 0.3) is 0 Å². The van der Waals surface area contributed by atoms with Crippen LogP contribution in [-0.4, -0.2) is 18.5 Å². The van der Waals surface area contributed by atoms with E-state index in [9.17, 15) is 4.79 Å². The Morgan fingerprint density at radius 3 is 2.50 bits per heavy atom. The Morgan fingerprint density at radius 2 is 2.50 bits per heavy atom. The number of ether oxygens (including phenoxy) is 1. The minimum Gasteiger partial charge on any atom is -0.363 e. The van der Waals surface area contributed by atoms with E-state index in [0.717, 1.165) is 0 Å². The van der Waals surface area contributed by atoms with Crippen molar-refractivity contribution in [3.8, 4) is 0 Å². The fourth-order valence-corrected chi connectivity index (χ4v) is 0.318. The fraction of sp³-hybridized carbons (Fsp3) is 0.750. The van der Waals surface area contributed by atoms with Crippen LogP contribution in [0.5, 0.6) is 0 Å². The smallest absolute Gasteiger partial charge is 0.186 e. The maximum atomic E-state index is 10.1. The minimum absolute atomic E-state index is 0.106. The van der Waals surface area contributed by atoms with Gasteiger partial charge in [0.05, 0.1) is 0 Å². The van der Waals surface area contributed by atoms with E-state index in [4.69, 9.17) is 4.74 Å². The van der Waals surface area contributed by atoms with Crippen LogP contribution in [0.25, 0.3) is 0 Å². The molecule has 0 saturated carbocycles. The van der Waals surface area contributed by atoms with Crippen LogP contribution in [-0.2, 0) is 9.53 Å². The summed E-state index contributed by atoms with van der Waals surface area (Å²) in [6.45, 7) is 2.09. The summed E-state index contributed by atoms with van der Waals surface area (Å²) in [6.07, 6.45) is -0.106. The zero-order chi connectivity index (χ0) is 4.57. The highest BCUT2D eigenvalue weighted by molar-refractivity contribution is 5.87. The normalized spacial score (nSPS) is 32.8. The Morgan fingerprint density at radius 1 is 2.00 bits per heavy atom. The SMILES string of the molecule is CC1OCC1=O. The van der Waals surface area contributed by atoms with Crippen LogP contribution in [0.4, 0.5) is 0 Å². The standard InChI is InChI=1S/C4H6O2/c1-3-4(5)2-6-3/h3H,2H2,1H3. The molecular weight excluding hydrogens is 80.0 g/mol. The van der Waals surface area contributed by atoms with Gasteiger partial charge in [0.15, 0.2) is 5.78 Å². The maximum Gasteiger partial charge on any atom is 0.186 e. The van der Waals surface area contributed by atoms with E-state index in [2.05, 4.69) is 0 Å². The second kappa shape index (κ2) is 1.05. The zero-order valence-corrected chi connectivity index (χ0v) is 3.60. The Hall–Kier alpha value is -0.370. The van der Waals surface area contributed by atoms with Crippen molar-refractivity contribution in [2.45, 2.75) is 13.0 Å². The lowest BCUT2D eigenvalue weighted by molar-refractivity contribution is -0.152. The molecule has 1 aliphatic heterocycles. The summed E-state index contributed by atoms with van der Waals surface area (Å²) < 4.78 is 4.69. The van der Waals surface area contributed by atoms with E-state index in [1.165, 1.54) is 0 Å². The highest BCUT2D eigenvalue weighted by atomic mass is 16.5. The van der Waals surface area contributed by atoms with Crippen LogP contribution in [0.1, 0.15) is 6.92 Å². The van der Waals surface area contributed by atoms with E-state index in [0.29, 0.717) is 6.61 Å². The molecule has 0 aromatic carbocycles. The first-order valence-corrected chi connectivity index (χ1v) is 1.95. The fourth-order valence-electron chi connectivity index (χ4n) is 0.318. The largest absolute Gasteiger partial charge is 0.363 e. The number of rotatable bonds is 0. The van der Waals surface area contributed by atoms with Gasteiger partial charge in [-0.05, 0) is 6.92 Å². The van der Waals surface area contributed by atoms with Crippen LogP contribution in [0.2, 0.25) is 0 Å². The second-order valence-electron chi connectivity index (χ2n) is 1.42. The highest BCUT2D eigenvalue weighted by Crippen LogP contribution is 2.02. The first kappa shape index (κ1) is 3.81. The molecule has 1 rings (SSSR count). The predicted molar refractivity (Wildman–Crippen MR) is 20.4 cm³/mol. The molecule has 0 spiro atoms. The van der Waals surface area contributed by atoms with Crippen LogP contribution in [0, 0.1) is 0 Å². The van der Waals surface area contributed by atoms with E-state index < -0.39 is 0 Å². The summed E-state index contributed by atoms with van der Waals surface area (Å²) in [6, 6.07) is 0. The summed E-state index contributed by atoms with van der Waals surface area (Å²) in [5.41, 5.74) is 0. The maximum absolute atomic E-state index is 10.1. The van der Waals surface area contributed by atoms with Crippen molar-refractivity contribution in [1.82, 2.24) is 0 Å². The number of Topliss-reactive ketones (excluding diaryl/α,β-unsaturated/α-hetero) is 1. The Balaban J connectivity index is 2.39. The van der Waals surface area contributed by atoms with Crippen molar-refractivity contribution < 1.29 is 9.53 Å². The Labute approximate surface area is 36.1 Å². The lowest BCUT2D eigenvalue weighted by atomic mass is 10.2. The van der Waals surface area contributed by atoms with Gasteiger partial charge in [0.2, 0.25) is 0 Å². The van der Waals surface area contributed by atoms with Gasteiger partial charge in [-0.25, -0.2) is 0 Å². The highest BCUT2D eigenvalue weighted by Gasteiger charge is 2.22. The Bertz CT molecular complexity index is 77.6. The first-order valence-electron chi connectivity index (χ1n) is 1.95. The molecule has 2 nitrogen and oxygen atoms in total. The molecule has 0 aromatic rings. The molecule has 34 valence electrons. The van der Waals surface area contributed by atoms with E-state index in [1.807, 2.05) is 0 Å². The lowest BCUT2D eigenvalue weighted by Gasteiger charge is -2.19. The average molecular weight is 86.1 g/mol. The number of carbonyl (C=O) groups excluding carboxylic acids is 1. The van der Waals surface area contributed by atoms with Crippen molar-refractivity contribution >= 4 is 5.78 Å². The van der Waals surface area contributed by atoms with Gasteiger partial charge in [-0.3, -0.25) is 4.79 Å². The van der Waals surface area contributed by atoms with Gasteiger partial charge in [-0.1, -0.05) is 0 Å². The van der Waals surface area contributed by atoms with E-state index >= 15 is 0 Å². The van der Waals surface area contributed by atoms with Gasteiger partial charge < -0.3 is 4.74 Å². The first-order chi connectivity index (χ1) is 2.80. The molecule has 6 heavy (non-hydrogen) atoms. The molecule has 0 aromatic heterocycles. The van der Waals surface area contributed by atoms with Gasteiger partial charge in [0.1, 0.15) is 12.7 Å². The van der Waals surface area contributed by atoms with Crippen molar-refractivity contribution in [2.24, 2.45) is 0 Å². The number of carbonyl (C=O) groups is 1. The van der Waals surface area contributed by atoms with E-state index in [-0.39, 0.29) is 11.9 Å². The molecular formula is C4H6O2. The quantitative estimate of drug-likeness (QED) is 0.414. The topological polar surface area (TPSA) is 26.3 Å². The molecule has 0 aliphatic carbocycles. The van der Waals surface area contributed by atoms with Crippen LogP contribution < -0.4 is 0 Å². The van der Waals surface area contributed by atoms with Crippen LogP contribution in [0.3, 0.4) is 0 Å². The lowest BCUT2D eigenvalue weighted by Crippen LogP contribution is -2.37. The van der Waals surface area contributed by atoms with Crippen LogP contribution in [0.15, 0.2) is 0 Å². The molecule has 2 heteroatoms. The van der Waals surface area contributed by atoms with Gasteiger partial charge >= 0.3 is 0 Å². The summed E-state index contributed by atoms with van der Waals surface area (Å²) >= 11 is 0. The molecule has 1 aliphatic rings. The molecule has 0 N–H and O–H groups in total. The molecule has 0 amide bonds. The summed E-state index contributed by atoms with van der Waals surface area (Å²) in [7, 11) is 0. The van der Waals surface area contributed by atoms with E-state index in [1.54, 1.807) is 6.92 Å². The molecule has 1 heterocycles. The summed E-state index contributed by atoms with van der Waals surface area (Å²) in [5, 5.41) is 0. The molecule has 0 radical (unpaired) electrons. The minimum atomic E-state index is -0.106. The van der Waals surface area contributed by atoms with Crippen molar-refractivity contribution in [3.63, 3.8) is 0 Å². The zero-order valence-electron chi connectivity index (χ0n) is 3.60. The summed E-state index contributed by atoms with van der Waals surface area (Å²) in [5.74, 6) is 0.218. The average Bonchev–Trinajstić information content (AvgIpc) is 1.61. The number of hydrogen-bond acceptors (Lipinski definition) is 2. The van der Waals surface area contributed by atoms with Crippen molar-refractivity contribution in [3.05, 3.63) is 0 Å². The van der Waals surface area contributed by atoms with Crippen LogP contribution >= 0.6 is 0 Å². The Kier molecular flexibility index (Phi) is 0.665. The van der Waals surface area contributed by atoms with Gasteiger partial charge in [-0.15, -0.1) is 0 Å². The molecule has 0 bridgehead atoms. The number of hydrogen-bond donors (Lipinski definition) is 0. The molecule has 1 unspecified atom stereocenters. The molecule has 1 fully saturated rings. The van der Waals surface area contributed by atoms with Crippen molar-refractivity contribution in [1.29, 1.82) is 0 Å². The third-order valence-electron chi connectivity index (χ3n) is 0.929. The number of ketones is 1. The molecule has 1 saturated heterocycles. The molecule has 1 atom stereocenters. The van der Waals surface area contributed by atoms with Crippen molar-refractivity contribution in [2.75, 3.05) is 6.61 Å². The van der Waals surface area contributed by atoms with Gasteiger partial charge in [0, 0.05) is 0 Å². The summed E-state index contributed by atoms with van der Waals surface area (Å²) in [4.78, 5) is 10.1.